The molecule has 1 unspecified atom stereocenters. The average molecular weight is 764 g/mol. The van der Waals surface area contributed by atoms with Gasteiger partial charge in [-0.1, -0.05) is 166 Å². The van der Waals surface area contributed by atoms with Crippen molar-refractivity contribution in [3.05, 3.63) is 0 Å². The van der Waals surface area contributed by atoms with Crippen molar-refractivity contribution >= 4 is 35.4 Å². The molecule has 1 fully saturated rings. The van der Waals surface area contributed by atoms with Crippen molar-refractivity contribution in [1.29, 1.82) is 0 Å². The van der Waals surface area contributed by atoms with Crippen LogP contribution < -0.4 is 5.32 Å². The van der Waals surface area contributed by atoms with Crippen LogP contribution in [-0.4, -0.2) is 69.1 Å². The lowest BCUT2D eigenvalue weighted by molar-refractivity contribution is -0.143. The van der Waals surface area contributed by atoms with Gasteiger partial charge in [0.1, 0.15) is 0 Å². The molecule has 0 aromatic carbocycles. The summed E-state index contributed by atoms with van der Waals surface area (Å²) in [5, 5.41) is 5.23. The summed E-state index contributed by atoms with van der Waals surface area (Å²) < 4.78 is 5.48. The predicted octanol–water partition coefficient (Wildman–Crippen LogP) is 12.9. The number of hydrogen-bond donors (Lipinski definition) is 1. The molecule has 0 saturated carbocycles. The van der Waals surface area contributed by atoms with E-state index in [-0.39, 0.29) is 11.2 Å². The highest BCUT2D eigenvalue weighted by atomic mass is 32.2. The van der Waals surface area contributed by atoms with E-state index in [0.29, 0.717) is 25.0 Å². The van der Waals surface area contributed by atoms with Gasteiger partial charge >= 0.3 is 5.97 Å². The Morgan fingerprint density at radius 2 is 1.27 bits per heavy atom. The van der Waals surface area contributed by atoms with Gasteiger partial charge in [0, 0.05) is 23.6 Å². The van der Waals surface area contributed by atoms with Crippen LogP contribution in [0.1, 0.15) is 202 Å². The maximum Gasteiger partial charge on any atom is 0.306 e. The summed E-state index contributed by atoms with van der Waals surface area (Å²) in [6, 6.07) is 0.638. The molecule has 0 aliphatic carbocycles. The number of ether oxygens (including phenoxy) is 1. The minimum Gasteiger partial charge on any atom is -0.466 e. The fourth-order valence-corrected chi connectivity index (χ4v) is 9.08. The van der Waals surface area contributed by atoms with Crippen LogP contribution in [0, 0.1) is 5.92 Å². The smallest absolute Gasteiger partial charge is 0.306 e. The van der Waals surface area contributed by atoms with Gasteiger partial charge in [-0.05, 0) is 71.4 Å². The number of nitrogens with zero attached hydrogens (tertiary/aromatic N) is 4. The van der Waals surface area contributed by atoms with Crippen molar-refractivity contribution in [2.24, 2.45) is 5.92 Å². The summed E-state index contributed by atoms with van der Waals surface area (Å²) in [5.41, 5.74) is 0. The molecule has 0 radical (unpaired) electrons. The molecule has 1 aliphatic rings. The number of nitrogens with one attached hydrogen (secondary N) is 1. The zero-order valence-corrected chi connectivity index (χ0v) is 36.2. The molecule has 302 valence electrons. The number of rotatable bonds is 34. The van der Waals surface area contributed by atoms with Crippen molar-refractivity contribution < 1.29 is 9.53 Å². The largest absolute Gasteiger partial charge is 0.466 e. The summed E-state index contributed by atoms with van der Waals surface area (Å²) in [5.74, 6) is 2.36. The normalized spacial score (nSPS) is 14.7. The van der Waals surface area contributed by atoms with E-state index < -0.39 is 0 Å². The van der Waals surface area contributed by atoms with Crippen molar-refractivity contribution in [3.63, 3.8) is 0 Å². The molecule has 2 heterocycles. The lowest BCUT2D eigenvalue weighted by atomic mass is 9.93. The molecule has 1 atom stereocenters. The zero-order chi connectivity index (χ0) is 37.5. The second kappa shape index (κ2) is 32.2. The first-order chi connectivity index (χ1) is 25.4. The number of aromatic nitrogens is 3. The van der Waals surface area contributed by atoms with E-state index in [9.17, 15) is 4.79 Å². The van der Waals surface area contributed by atoms with Gasteiger partial charge in [-0.3, -0.25) is 4.79 Å². The Labute approximate surface area is 330 Å². The Balaban J connectivity index is 1.82. The number of thioether (sulfide) groups is 2. The fourth-order valence-electron chi connectivity index (χ4n) is 7.11. The van der Waals surface area contributed by atoms with Gasteiger partial charge in [0.2, 0.25) is 5.95 Å². The minimum absolute atomic E-state index is 0.108. The molecule has 7 nitrogen and oxygen atoms in total. The third kappa shape index (κ3) is 24.4. The maximum absolute atomic E-state index is 12.7. The molecule has 0 spiro atoms. The molecule has 2 rings (SSSR count). The summed E-state index contributed by atoms with van der Waals surface area (Å²) in [4.78, 5) is 29.9. The van der Waals surface area contributed by atoms with E-state index in [1.165, 1.54) is 148 Å². The van der Waals surface area contributed by atoms with Crippen LogP contribution in [0.5, 0.6) is 0 Å². The van der Waals surface area contributed by atoms with E-state index in [1.54, 1.807) is 23.5 Å². The molecule has 1 saturated heterocycles. The lowest BCUT2D eigenvalue weighted by Gasteiger charge is -2.34. The van der Waals surface area contributed by atoms with Crippen LogP contribution in [0.4, 0.5) is 5.95 Å². The number of piperidine rings is 1. The van der Waals surface area contributed by atoms with Gasteiger partial charge in [-0.2, -0.15) is 15.0 Å². The molecule has 0 bridgehead atoms. The molecular formula is C43H81N5O2S2. The predicted molar refractivity (Wildman–Crippen MR) is 227 cm³/mol. The van der Waals surface area contributed by atoms with Crippen molar-refractivity contribution in [1.82, 2.24) is 19.9 Å². The lowest BCUT2D eigenvalue weighted by Crippen LogP contribution is -2.38. The monoisotopic (exact) mass is 764 g/mol. The molecule has 1 N–H and O–H groups in total. The Morgan fingerprint density at radius 3 is 1.83 bits per heavy atom. The average Bonchev–Trinajstić information content (AvgIpc) is 3.14. The molecular weight excluding hydrogens is 683 g/mol. The number of carbonyl (C=O) groups excluding carboxylic acids is 1. The van der Waals surface area contributed by atoms with Crippen LogP contribution in [0.15, 0.2) is 10.3 Å². The van der Waals surface area contributed by atoms with E-state index in [1.807, 2.05) is 6.92 Å². The van der Waals surface area contributed by atoms with Crippen LogP contribution in [-0.2, 0) is 9.53 Å². The van der Waals surface area contributed by atoms with E-state index >= 15 is 0 Å². The molecule has 52 heavy (non-hydrogen) atoms. The Bertz CT molecular complexity index is 992. The number of esters is 1. The fraction of sp³-hybridized carbons (Fsp3) is 0.907. The standard InChI is InChI=1S/C43H81N5O2S2/c1-6-9-11-13-14-15-16-17-18-19-20-21-22-23-24-26-35-51-42-45-41(44-31-28-38-29-32-48(33-30-38)37(4)5)46-43(47-42)52-39(27-25-12-10-7-2)36-40(49)50-34-8-3/h37-39H,6-36H2,1-5H3,(H,44,45,46,47). The summed E-state index contributed by atoms with van der Waals surface area (Å²) in [6.07, 6.45) is 32.8. The summed E-state index contributed by atoms with van der Waals surface area (Å²) in [7, 11) is 0. The quantitative estimate of drug-likeness (QED) is 0.0419. The minimum atomic E-state index is -0.108. The van der Waals surface area contributed by atoms with Crippen LogP contribution in [0.2, 0.25) is 0 Å². The Morgan fingerprint density at radius 1 is 0.731 bits per heavy atom. The SMILES string of the molecule is CCCCCCCCCCCCCCCCCCSc1nc(NCCC2CCN(C(C)C)CC2)nc(SC(CCCCCC)CC(=O)OCCC)n1. The number of carbonyl (C=O) groups is 1. The third-order valence-corrected chi connectivity index (χ3v) is 12.6. The van der Waals surface area contributed by atoms with E-state index in [2.05, 4.69) is 37.9 Å². The van der Waals surface area contributed by atoms with Crippen LogP contribution in [0.3, 0.4) is 0 Å². The highest BCUT2D eigenvalue weighted by molar-refractivity contribution is 8.00. The first kappa shape index (κ1) is 47.1. The van der Waals surface area contributed by atoms with Gasteiger partial charge in [-0.25, -0.2) is 0 Å². The van der Waals surface area contributed by atoms with E-state index in [0.717, 1.165) is 54.2 Å². The molecule has 1 aromatic heterocycles. The highest BCUT2D eigenvalue weighted by Crippen LogP contribution is 2.30. The molecule has 1 aromatic rings. The molecule has 0 amide bonds. The number of unbranched alkanes of at least 4 members (excludes halogenated alkanes) is 18. The first-order valence-corrected chi connectivity index (χ1v) is 24.0. The van der Waals surface area contributed by atoms with E-state index in [4.69, 9.17) is 19.7 Å². The second-order valence-corrected chi connectivity index (χ2v) is 18.0. The maximum atomic E-state index is 12.7. The van der Waals surface area contributed by atoms with Gasteiger partial charge in [0.25, 0.3) is 0 Å². The Hall–Kier alpha value is -1.06. The van der Waals surface area contributed by atoms with Crippen molar-refractivity contribution in [2.75, 3.05) is 37.3 Å². The third-order valence-electron chi connectivity index (χ3n) is 10.6. The van der Waals surface area contributed by atoms with Gasteiger partial charge in [0.05, 0.1) is 13.0 Å². The Kier molecular flexibility index (Phi) is 29.2. The van der Waals surface area contributed by atoms with Crippen LogP contribution in [0.25, 0.3) is 0 Å². The summed E-state index contributed by atoms with van der Waals surface area (Å²) in [6.45, 7) is 15.0. The molecule has 1 aliphatic heterocycles. The topological polar surface area (TPSA) is 80.2 Å². The number of hydrogen-bond acceptors (Lipinski definition) is 9. The van der Waals surface area contributed by atoms with Crippen LogP contribution >= 0.6 is 23.5 Å². The molecule has 9 heteroatoms. The van der Waals surface area contributed by atoms with Gasteiger partial charge in [0.15, 0.2) is 10.3 Å². The first-order valence-electron chi connectivity index (χ1n) is 22.1. The number of likely N-dealkylation sites (tertiary alicyclic amines) is 1. The number of anilines is 1. The highest BCUT2D eigenvalue weighted by Gasteiger charge is 2.22. The van der Waals surface area contributed by atoms with Crippen molar-refractivity contribution in [2.45, 2.75) is 223 Å². The zero-order valence-electron chi connectivity index (χ0n) is 34.6. The summed E-state index contributed by atoms with van der Waals surface area (Å²) >= 11 is 3.41. The van der Waals surface area contributed by atoms with Gasteiger partial charge in [-0.15, -0.1) is 0 Å². The van der Waals surface area contributed by atoms with Crippen molar-refractivity contribution in [3.8, 4) is 0 Å². The van der Waals surface area contributed by atoms with Gasteiger partial charge < -0.3 is 15.0 Å². The second-order valence-electron chi connectivity index (χ2n) is 15.7.